The van der Waals surface area contributed by atoms with Crippen LogP contribution in [0.5, 0.6) is 11.5 Å². The van der Waals surface area contributed by atoms with Crippen molar-refractivity contribution in [2.75, 3.05) is 25.1 Å². The number of nitrogens with one attached hydrogen (secondary N) is 2. The van der Waals surface area contributed by atoms with Crippen molar-refractivity contribution in [3.05, 3.63) is 54.1 Å². The van der Waals surface area contributed by atoms with Gasteiger partial charge in [-0.05, 0) is 68.7 Å². The smallest absolute Gasteiger partial charge is 0.238 e. The molecule has 1 aliphatic rings. The predicted octanol–water partition coefficient (Wildman–Crippen LogP) is 3.76. The number of carbonyl (C=O) groups excluding carboxylic acids is 1. The summed E-state index contributed by atoms with van der Waals surface area (Å²) in [6.07, 6.45) is 2.51. The second-order valence-electron chi connectivity index (χ2n) is 7.43. The van der Waals surface area contributed by atoms with Crippen LogP contribution in [0.4, 0.5) is 5.69 Å². The lowest BCUT2D eigenvalue weighted by molar-refractivity contribution is -0.115. The molecule has 0 radical (unpaired) electrons. The van der Waals surface area contributed by atoms with Crippen LogP contribution in [0.3, 0.4) is 0 Å². The van der Waals surface area contributed by atoms with Crippen LogP contribution in [-0.4, -0.2) is 37.9 Å². The van der Waals surface area contributed by atoms with Gasteiger partial charge < -0.3 is 24.8 Å². The monoisotopic (exact) mass is 398 g/mol. The van der Waals surface area contributed by atoms with Gasteiger partial charge in [-0.15, -0.1) is 0 Å². The molecular weight excluding hydrogens is 368 g/mol. The van der Waals surface area contributed by atoms with E-state index in [-0.39, 0.29) is 24.7 Å². The fourth-order valence-corrected chi connectivity index (χ4v) is 3.08. The van der Waals surface area contributed by atoms with Crippen LogP contribution in [0.25, 0.3) is 0 Å². The lowest BCUT2D eigenvalue weighted by Crippen LogP contribution is -2.27. The second kappa shape index (κ2) is 10.8. The summed E-state index contributed by atoms with van der Waals surface area (Å²) < 4.78 is 16.9. The summed E-state index contributed by atoms with van der Waals surface area (Å²) >= 11 is 0. The Kier molecular flexibility index (Phi) is 7.90. The quantitative estimate of drug-likeness (QED) is 0.638. The molecule has 6 heteroatoms. The van der Waals surface area contributed by atoms with Gasteiger partial charge >= 0.3 is 0 Å². The maximum Gasteiger partial charge on any atom is 0.238 e. The molecule has 29 heavy (non-hydrogen) atoms. The topological polar surface area (TPSA) is 68.8 Å². The molecule has 156 valence electrons. The molecule has 0 bridgehead atoms. The number of carbonyl (C=O) groups is 1. The van der Waals surface area contributed by atoms with Crippen LogP contribution < -0.4 is 20.1 Å². The van der Waals surface area contributed by atoms with Gasteiger partial charge in [0, 0.05) is 18.8 Å². The average molecular weight is 399 g/mol. The third-order valence-corrected chi connectivity index (χ3v) is 4.51. The molecule has 2 aromatic carbocycles. The highest BCUT2D eigenvalue weighted by Gasteiger charge is 2.15. The first kappa shape index (κ1) is 21.1. The van der Waals surface area contributed by atoms with E-state index in [2.05, 4.69) is 10.6 Å². The van der Waals surface area contributed by atoms with Crippen LogP contribution in [0.2, 0.25) is 0 Å². The van der Waals surface area contributed by atoms with Crippen LogP contribution in [0.1, 0.15) is 32.3 Å². The standard InChI is InChI=1S/C23H30N2O4/c1-17(2)29-21-9-5-18(6-10-21)14-24-15-23(26)25-19-7-11-20(12-8-19)28-16-22-4-3-13-27-22/h5-12,17,22,24H,3-4,13-16H2,1-2H3,(H,25,26). The third-order valence-electron chi connectivity index (χ3n) is 4.51. The van der Waals surface area contributed by atoms with E-state index in [0.29, 0.717) is 13.2 Å². The first-order valence-corrected chi connectivity index (χ1v) is 10.2. The van der Waals surface area contributed by atoms with E-state index >= 15 is 0 Å². The molecule has 6 nitrogen and oxygen atoms in total. The number of anilines is 1. The predicted molar refractivity (Wildman–Crippen MR) is 113 cm³/mol. The van der Waals surface area contributed by atoms with Gasteiger partial charge in [0.25, 0.3) is 0 Å². The summed E-state index contributed by atoms with van der Waals surface area (Å²) in [4.78, 5) is 12.1. The summed E-state index contributed by atoms with van der Waals surface area (Å²) in [5.41, 5.74) is 1.85. The number of rotatable bonds is 10. The summed E-state index contributed by atoms with van der Waals surface area (Å²) in [5.74, 6) is 1.55. The molecule has 1 saturated heterocycles. The van der Waals surface area contributed by atoms with Crippen molar-refractivity contribution < 1.29 is 19.0 Å². The lowest BCUT2D eigenvalue weighted by atomic mass is 10.2. The molecule has 2 N–H and O–H groups in total. The molecule has 3 rings (SSSR count). The summed E-state index contributed by atoms with van der Waals surface area (Å²) in [6.45, 7) is 6.25. The molecule has 1 amide bonds. The van der Waals surface area contributed by atoms with Gasteiger partial charge in [-0.1, -0.05) is 12.1 Å². The van der Waals surface area contributed by atoms with E-state index < -0.39 is 0 Å². The van der Waals surface area contributed by atoms with Crippen LogP contribution in [0.15, 0.2) is 48.5 Å². The molecule has 1 unspecified atom stereocenters. The van der Waals surface area contributed by atoms with Gasteiger partial charge in [-0.2, -0.15) is 0 Å². The van der Waals surface area contributed by atoms with E-state index in [0.717, 1.165) is 42.2 Å². The van der Waals surface area contributed by atoms with E-state index in [1.54, 1.807) is 0 Å². The maximum atomic E-state index is 12.1. The van der Waals surface area contributed by atoms with Gasteiger partial charge in [-0.3, -0.25) is 4.79 Å². The summed E-state index contributed by atoms with van der Waals surface area (Å²) in [6, 6.07) is 15.3. The highest BCUT2D eigenvalue weighted by molar-refractivity contribution is 5.92. The Balaban J connectivity index is 1.35. The minimum atomic E-state index is -0.0854. The molecule has 1 heterocycles. The van der Waals surface area contributed by atoms with Gasteiger partial charge in [-0.25, -0.2) is 0 Å². The average Bonchev–Trinajstić information content (AvgIpc) is 3.22. The van der Waals surface area contributed by atoms with Crippen molar-refractivity contribution in [1.29, 1.82) is 0 Å². The minimum Gasteiger partial charge on any atom is -0.491 e. The van der Waals surface area contributed by atoms with Crippen LogP contribution in [0, 0.1) is 0 Å². The van der Waals surface area contributed by atoms with Crippen molar-refractivity contribution in [3.8, 4) is 11.5 Å². The molecular formula is C23H30N2O4. The number of benzene rings is 2. The Hall–Kier alpha value is -2.57. The Morgan fingerprint density at radius 3 is 2.48 bits per heavy atom. The Morgan fingerprint density at radius 2 is 1.83 bits per heavy atom. The van der Waals surface area contributed by atoms with Crippen molar-refractivity contribution in [3.63, 3.8) is 0 Å². The molecule has 0 saturated carbocycles. The number of ether oxygens (including phenoxy) is 3. The SMILES string of the molecule is CC(C)Oc1ccc(CNCC(=O)Nc2ccc(OCC3CCCO3)cc2)cc1. The molecule has 1 fully saturated rings. The molecule has 0 aromatic heterocycles. The van der Waals surface area contributed by atoms with Gasteiger partial charge in [0.15, 0.2) is 0 Å². The molecule has 2 aromatic rings. The number of hydrogen-bond acceptors (Lipinski definition) is 5. The van der Waals surface area contributed by atoms with Gasteiger partial charge in [0.2, 0.25) is 5.91 Å². The van der Waals surface area contributed by atoms with Gasteiger partial charge in [0.1, 0.15) is 18.1 Å². The summed E-state index contributed by atoms with van der Waals surface area (Å²) in [5, 5.41) is 6.04. The fourth-order valence-electron chi connectivity index (χ4n) is 3.08. The Labute approximate surface area is 172 Å². The first-order valence-electron chi connectivity index (χ1n) is 10.2. The van der Waals surface area contributed by atoms with E-state index in [1.807, 2.05) is 62.4 Å². The second-order valence-corrected chi connectivity index (χ2v) is 7.43. The lowest BCUT2D eigenvalue weighted by Gasteiger charge is -2.12. The molecule has 1 aliphatic heterocycles. The summed E-state index contributed by atoms with van der Waals surface area (Å²) in [7, 11) is 0. The number of hydrogen-bond donors (Lipinski definition) is 2. The normalized spacial score (nSPS) is 16.0. The first-order chi connectivity index (χ1) is 14.1. The Bertz CT molecular complexity index is 753. The molecule has 0 spiro atoms. The van der Waals surface area contributed by atoms with Crippen molar-refractivity contribution in [1.82, 2.24) is 5.32 Å². The van der Waals surface area contributed by atoms with Crippen LogP contribution in [-0.2, 0) is 16.1 Å². The highest BCUT2D eigenvalue weighted by atomic mass is 16.5. The fraction of sp³-hybridized carbons (Fsp3) is 0.435. The van der Waals surface area contributed by atoms with Crippen molar-refractivity contribution >= 4 is 11.6 Å². The van der Waals surface area contributed by atoms with Crippen molar-refractivity contribution in [2.45, 2.75) is 45.4 Å². The molecule has 1 atom stereocenters. The highest BCUT2D eigenvalue weighted by Crippen LogP contribution is 2.18. The largest absolute Gasteiger partial charge is 0.491 e. The van der Waals surface area contributed by atoms with E-state index in [1.165, 1.54) is 0 Å². The Morgan fingerprint density at radius 1 is 1.10 bits per heavy atom. The van der Waals surface area contributed by atoms with Crippen LogP contribution >= 0.6 is 0 Å². The zero-order chi connectivity index (χ0) is 20.5. The zero-order valence-electron chi connectivity index (χ0n) is 17.1. The van der Waals surface area contributed by atoms with E-state index in [9.17, 15) is 4.79 Å². The van der Waals surface area contributed by atoms with Gasteiger partial charge in [0.05, 0.1) is 18.8 Å². The zero-order valence-corrected chi connectivity index (χ0v) is 17.1. The third kappa shape index (κ3) is 7.40. The molecule has 0 aliphatic carbocycles. The van der Waals surface area contributed by atoms with E-state index in [4.69, 9.17) is 14.2 Å². The number of amides is 1. The minimum absolute atomic E-state index is 0.0854. The maximum absolute atomic E-state index is 12.1. The van der Waals surface area contributed by atoms with Crippen molar-refractivity contribution in [2.24, 2.45) is 0 Å².